The van der Waals surface area contributed by atoms with Crippen molar-refractivity contribution < 1.29 is 9.53 Å². The third-order valence-electron chi connectivity index (χ3n) is 2.22. The van der Waals surface area contributed by atoms with Crippen LogP contribution in [0.25, 0.3) is 0 Å². The number of anilines is 1. The quantitative estimate of drug-likeness (QED) is 0.875. The number of hydrogen-bond acceptors (Lipinski definition) is 4. The monoisotopic (exact) mass is 277 g/mol. The van der Waals surface area contributed by atoms with Crippen molar-refractivity contribution in [3.05, 3.63) is 41.3 Å². The second-order valence-corrected chi connectivity index (χ2v) is 4.23. The Morgan fingerprint density at radius 3 is 2.74 bits per heavy atom. The maximum absolute atomic E-state index is 11.1. The van der Waals surface area contributed by atoms with E-state index in [0.29, 0.717) is 23.0 Å². The van der Waals surface area contributed by atoms with Crippen LogP contribution in [-0.4, -0.2) is 15.9 Å². The van der Waals surface area contributed by atoms with E-state index in [1.54, 1.807) is 37.3 Å². The van der Waals surface area contributed by atoms with Crippen LogP contribution in [0.2, 0.25) is 5.28 Å². The summed E-state index contributed by atoms with van der Waals surface area (Å²) in [6, 6.07) is 8.74. The minimum Gasteiger partial charge on any atom is -0.437 e. The Hall–Kier alpha value is -2.14. The summed E-state index contributed by atoms with van der Waals surface area (Å²) in [5.41, 5.74) is 1.27. The molecule has 0 bridgehead atoms. The fourth-order valence-corrected chi connectivity index (χ4v) is 1.73. The number of aromatic nitrogens is 2. The zero-order chi connectivity index (χ0) is 13.8. The minimum absolute atomic E-state index is 0.118. The first kappa shape index (κ1) is 13.3. The van der Waals surface area contributed by atoms with E-state index in [0.717, 1.165) is 0 Å². The molecule has 1 aromatic heterocycles. The van der Waals surface area contributed by atoms with Gasteiger partial charge in [0.2, 0.25) is 17.1 Å². The van der Waals surface area contributed by atoms with E-state index in [4.69, 9.17) is 16.3 Å². The molecule has 5 nitrogen and oxygen atoms in total. The van der Waals surface area contributed by atoms with Gasteiger partial charge in [0.05, 0.1) is 5.69 Å². The fourth-order valence-electron chi connectivity index (χ4n) is 1.52. The Kier molecular flexibility index (Phi) is 3.97. The Balaban J connectivity index is 2.29. The predicted molar refractivity (Wildman–Crippen MR) is 72.6 cm³/mol. The summed E-state index contributed by atoms with van der Waals surface area (Å²) in [6.45, 7) is 3.22. The molecule has 0 fully saturated rings. The predicted octanol–water partition coefficient (Wildman–Crippen LogP) is 3.19. The van der Waals surface area contributed by atoms with Crippen molar-refractivity contribution in [2.45, 2.75) is 13.8 Å². The van der Waals surface area contributed by atoms with Gasteiger partial charge in [0.25, 0.3) is 0 Å². The van der Waals surface area contributed by atoms with Crippen molar-refractivity contribution in [2.24, 2.45) is 0 Å². The first-order valence-electron chi connectivity index (χ1n) is 5.60. The smallest absolute Gasteiger partial charge is 0.225 e. The molecule has 1 aromatic carbocycles. The van der Waals surface area contributed by atoms with Gasteiger partial charge < -0.3 is 10.1 Å². The fraction of sp³-hybridized carbons (Fsp3) is 0.154. The summed E-state index contributed by atoms with van der Waals surface area (Å²) in [5.74, 6) is 0.648. The summed E-state index contributed by atoms with van der Waals surface area (Å²) >= 11 is 5.77. The average molecular weight is 278 g/mol. The van der Waals surface area contributed by atoms with Crippen LogP contribution >= 0.6 is 11.6 Å². The molecule has 0 aliphatic rings. The Morgan fingerprint density at radius 1 is 1.32 bits per heavy atom. The van der Waals surface area contributed by atoms with E-state index in [9.17, 15) is 4.79 Å². The van der Waals surface area contributed by atoms with Gasteiger partial charge in [-0.05, 0) is 30.7 Å². The van der Waals surface area contributed by atoms with E-state index in [2.05, 4.69) is 15.3 Å². The zero-order valence-electron chi connectivity index (χ0n) is 10.5. The number of aryl methyl sites for hydroxylation is 1. The van der Waals surface area contributed by atoms with Crippen LogP contribution in [0.15, 0.2) is 30.3 Å². The first-order chi connectivity index (χ1) is 9.04. The van der Waals surface area contributed by atoms with Crippen molar-refractivity contribution in [3.63, 3.8) is 0 Å². The number of benzene rings is 1. The molecule has 98 valence electrons. The highest BCUT2D eigenvalue weighted by atomic mass is 35.5. The molecule has 2 rings (SSSR count). The second-order valence-electron chi connectivity index (χ2n) is 3.90. The molecule has 0 unspecified atom stereocenters. The van der Waals surface area contributed by atoms with E-state index in [-0.39, 0.29) is 11.2 Å². The molecular weight excluding hydrogens is 266 g/mol. The molecule has 1 amide bonds. The van der Waals surface area contributed by atoms with Crippen LogP contribution in [0, 0.1) is 6.92 Å². The Bertz CT molecular complexity index is 596. The maximum atomic E-state index is 11.1. The van der Waals surface area contributed by atoms with Gasteiger partial charge in [-0.1, -0.05) is 12.1 Å². The molecule has 1 heterocycles. The summed E-state index contributed by atoms with van der Waals surface area (Å²) in [4.78, 5) is 19.0. The molecule has 1 N–H and O–H groups in total. The molecule has 0 saturated carbocycles. The van der Waals surface area contributed by atoms with E-state index in [1.165, 1.54) is 6.92 Å². The summed E-state index contributed by atoms with van der Waals surface area (Å²) in [7, 11) is 0. The van der Waals surface area contributed by atoms with Crippen LogP contribution in [0.5, 0.6) is 11.6 Å². The Morgan fingerprint density at radius 2 is 2.05 bits per heavy atom. The highest BCUT2D eigenvalue weighted by molar-refractivity contribution is 6.28. The largest absolute Gasteiger partial charge is 0.437 e. The summed E-state index contributed by atoms with van der Waals surface area (Å²) in [6.07, 6.45) is 0. The number of halogens is 1. The van der Waals surface area contributed by atoms with Crippen molar-refractivity contribution in [3.8, 4) is 11.6 Å². The van der Waals surface area contributed by atoms with Gasteiger partial charge >= 0.3 is 0 Å². The number of para-hydroxylation sites is 2. The lowest BCUT2D eigenvalue weighted by molar-refractivity contribution is -0.114. The normalized spacial score (nSPS) is 10.1. The van der Waals surface area contributed by atoms with E-state index in [1.807, 2.05) is 0 Å². The highest BCUT2D eigenvalue weighted by Gasteiger charge is 2.08. The van der Waals surface area contributed by atoms with E-state index >= 15 is 0 Å². The van der Waals surface area contributed by atoms with Crippen molar-refractivity contribution in [2.75, 3.05) is 5.32 Å². The van der Waals surface area contributed by atoms with Crippen LogP contribution < -0.4 is 10.1 Å². The number of nitrogens with one attached hydrogen (secondary N) is 1. The van der Waals surface area contributed by atoms with Gasteiger partial charge in [-0.25, -0.2) is 4.98 Å². The van der Waals surface area contributed by atoms with Crippen LogP contribution in [0.3, 0.4) is 0 Å². The van der Waals surface area contributed by atoms with Crippen molar-refractivity contribution in [1.82, 2.24) is 9.97 Å². The number of carbonyl (C=O) groups is 1. The maximum Gasteiger partial charge on any atom is 0.225 e. The molecule has 0 atom stereocenters. The average Bonchev–Trinajstić information content (AvgIpc) is 2.29. The first-order valence-corrected chi connectivity index (χ1v) is 5.98. The van der Waals surface area contributed by atoms with Crippen LogP contribution in [-0.2, 0) is 4.79 Å². The third-order valence-corrected chi connectivity index (χ3v) is 2.38. The number of amides is 1. The van der Waals surface area contributed by atoms with Crippen molar-refractivity contribution >= 4 is 23.2 Å². The molecule has 0 aliphatic heterocycles. The van der Waals surface area contributed by atoms with Gasteiger partial charge in [-0.2, -0.15) is 4.98 Å². The van der Waals surface area contributed by atoms with Gasteiger partial charge in [0.15, 0.2) is 5.75 Å². The molecule has 0 saturated heterocycles. The van der Waals surface area contributed by atoms with Crippen LogP contribution in [0.1, 0.15) is 12.6 Å². The Labute approximate surface area is 115 Å². The molecular formula is C13H12ClN3O2. The van der Waals surface area contributed by atoms with Gasteiger partial charge in [-0.15, -0.1) is 0 Å². The number of rotatable bonds is 3. The second kappa shape index (κ2) is 5.67. The number of nitrogens with zero attached hydrogens (tertiary/aromatic N) is 2. The molecule has 0 spiro atoms. The summed E-state index contributed by atoms with van der Waals surface area (Å²) in [5, 5.41) is 2.80. The van der Waals surface area contributed by atoms with Crippen molar-refractivity contribution in [1.29, 1.82) is 0 Å². The summed E-state index contributed by atoms with van der Waals surface area (Å²) < 4.78 is 5.62. The van der Waals surface area contributed by atoms with Crippen LogP contribution in [0.4, 0.5) is 5.69 Å². The standard InChI is InChI=1S/C13H12ClN3O2/c1-8-7-12(17-13(14)15-8)19-11-6-4-3-5-10(11)16-9(2)18/h3-7H,1-2H3,(H,16,18). The van der Waals surface area contributed by atoms with E-state index < -0.39 is 0 Å². The minimum atomic E-state index is -0.173. The number of hydrogen-bond donors (Lipinski definition) is 1. The van der Waals surface area contributed by atoms with Gasteiger partial charge in [0.1, 0.15) is 0 Å². The third kappa shape index (κ3) is 3.66. The SMILES string of the molecule is CC(=O)Nc1ccccc1Oc1cc(C)nc(Cl)n1. The molecule has 2 aromatic rings. The van der Waals surface area contributed by atoms with Gasteiger partial charge in [-0.3, -0.25) is 4.79 Å². The molecule has 0 aliphatic carbocycles. The highest BCUT2D eigenvalue weighted by Crippen LogP contribution is 2.28. The molecule has 0 radical (unpaired) electrons. The lowest BCUT2D eigenvalue weighted by Crippen LogP contribution is -2.07. The number of ether oxygens (including phenoxy) is 1. The zero-order valence-corrected chi connectivity index (χ0v) is 11.2. The molecule has 6 heteroatoms. The number of carbonyl (C=O) groups excluding carboxylic acids is 1. The lowest BCUT2D eigenvalue weighted by Gasteiger charge is -2.10. The lowest BCUT2D eigenvalue weighted by atomic mass is 10.3. The van der Waals surface area contributed by atoms with Gasteiger partial charge in [0, 0.05) is 18.7 Å². The molecule has 19 heavy (non-hydrogen) atoms. The topological polar surface area (TPSA) is 64.1 Å².